The highest BCUT2D eigenvalue weighted by Crippen LogP contribution is 2.42. The van der Waals surface area contributed by atoms with Gasteiger partial charge in [0.25, 0.3) is 0 Å². The van der Waals surface area contributed by atoms with Crippen molar-refractivity contribution in [2.24, 2.45) is 5.92 Å². The van der Waals surface area contributed by atoms with E-state index in [1.54, 1.807) is 0 Å². The first-order valence-electron chi connectivity index (χ1n) is 5.54. The molecule has 0 amide bonds. The van der Waals surface area contributed by atoms with Crippen LogP contribution in [0.1, 0.15) is 33.6 Å². The van der Waals surface area contributed by atoms with Gasteiger partial charge in [0.2, 0.25) is 0 Å². The maximum absolute atomic E-state index is 5.77. The molecule has 14 heavy (non-hydrogen) atoms. The third-order valence-corrected chi connectivity index (χ3v) is 4.91. The van der Waals surface area contributed by atoms with E-state index in [0.717, 1.165) is 25.4 Å². The van der Waals surface area contributed by atoms with Crippen molar-refractivity contribution in [3.8, 4) is 0 Å². The van der Waals surface area contributed by atoms with E-state index in [-0.39, 0.29) is 5.60 Å². The van der Waals surface area contributed by atoms with E-state index in [4.69, 9.17) is 4.74 Å². The third kappa shape index (κ3) is 2.26. The van der Waals surface area contributed by atoms with Crippen LogP contribution in [0.25, 0.3) is 0 Å². The lowest BCUT2D eigenvalue weighted by atomic mass is 9.92. The predicted octanol–water partition coefficient (Wildman–Crippen LogP) is 2.24. The number of hydrogen-bond donors (Lipinski definition) is 1. The second-order valence-electron chi connectivity index (χ2n) is 5.33. The molecule has 0 aromatic carbocycles. The van der Waals surface area contributed by atoms with Crippen LogP contribution in [0.2, 0.25) is 0 Å². The van der Waals surface area contributed by atoms with Gasteiger partial charge >= 0.3 is 0 Å². The lowest BCUT2D eigenvalue weighted by Gasteiger charge is -2.48. The summed E-state index contributed by atoms with van der Waals surface area (Å²) in [5.41, 5.74) is 0.0544. The first-order valence-corrected chi connectivity index (χ1v) is 6.53. The first kappa shape index (κ1) is 10.8. The highest BCUT2D eigenvalue weighted by atomic mass is 32.2. The molecule has 0 bridgehead atoms. The van der Waals surface area contributed by atoms with Crippen LogP contribution in [0, 0.1) is 5.92 Å². The summed E-state index contributed by atoms with van der Waals surface area (Å²) in [6.45, 7) is 8.80. The summed E-state index contributed by atoms with van der Waals surface area (Å²) in [5.74, 6) is 2.11. The summed E-state index contributed by atoms with van der Waals surface area (Å²) in [6.07, 6.45) is 2.30. The number of hydrogen-bond acceptors (Lipinski definition) is 3. The summed E-state index contributed by atoms with van der Waals surface area (Å²) in [6, 6.07) is 0. The summed E-state index contributed by atoms with van der Waals surface area (Å²) in [4.78, 5) is 0.314. The molecule has 2 aliphatic rings. The lowest BCUT2D eigenvalue weighted by molar-refractivity contribution is -0.0701. The van der Waals surface area contributed by atoms with Crippen LogP contribution in [0.4, 0.5) is 0 Å². The summed E-state index contributed by atoms with van der Waals surface area (Å²) in [5, 5.41) is 3.72. The van der Waals surface area contributed by atoms with E-state index in [2.05, 4.69) is 37.8 Å². The van der Waals surface area contributed by atoms with Gasteiger partial charge in [-0.25, -0.2) is 0 Å². The smallest absolute Gasteiger partial charge is 0.0694 e. The van der Waals surface area contributed by atoms with Gasteiger partial charge < -0.3 is 10.1 Å². The Morgan fingerprint density at radius 3 is 2.79 bits per heavy atom. The third-order valence-electron chi connectivity index (χ3n) is 3.13. The topological polar surface area (TPSA) is 21.3 Å². The summed E-state index contributed by atoms with van der Waals surface area (Å²) < 4.78 is 5.77. The monoisotopic (exact) mass is 215 g/mol. The normalized spacial score (nSPS) is 42.6. The van der Waals surface area contributed by atoms with Gasteiger partial charge in [0, 0.05) is 13.0 Å². The number of ether oxygens (including phenoxy) is 1. The van der Waals surface area contributed by atoms with Gasteiger partial charge in [-0.3, -0.25) is 0 Å². The highest BCUT2D eigenvalue weighted by molar-refractivity contribution is 8.00. The van der Waals surface area contributed by atoms with Gasteiger partial charge in [0.1, 0.15) is 0 Å². The molecule has 2 aliphatic heterocycles. The molecule has 82 valence electrons. The average molecular weight is 215 g/mol. The minimum atomic E-state index is 0.0544. The fourth-order valence-electron chi connectivity index (χ4n) is 2.37. The fourth-order valence-corrected chi connectivity index (χ4v) is 3.95. The summed E-state index contributed by atoms with van der Waals surface area (Å²) >= 11 is 2.11. The maximum Gasteiger partial charge on any atom is 0.0694 e. The second-order valence-corrected chi connectivity index (χ2v) is 6.73. The van der Waals surface area contributed by atoms with E-state index in [9.17, 15) is 0 Å². The molecule has 1 spiro atoms. The van der Waals surface area contributed by atoms with Crippen molar-refractivity contribution in [3.63, 3.8) is 0 Å². The van der Waals surface area contributed by atoms with Crippen LogP contribution in [0.5, 0.6) is 0 Å². The van der Waals surface area contributed by atoms with Crippen molar-refractivity contribution in [1.82, 2.24) is 5.32 Å². The Hall–Kier alpha value is 0.270. The van der Waals surface area contributed by atoms with Crippen molar-refractivity contribution in [2.45, 2.75) is 44.1 Å². The zero-order chi connectivity index (χ0) is 10.2. The van der Waals surface area contributed by atoms with Gasteiger partial charge in [0.05, 0.1) is 10.5 Å². The van der Waals surface area contributed by atoms with Crippen molar-refractivity contribution < 1.29 is 4.74 Å². The second kappa shape index (κ2) is 3.69. The molecule has 2 heterocycles. The Kier molecular flexibility index (Phi) is 2.84. The highest BCUT2D eigenvalue weighted by Gasteiger charge is 2.42. The predicted molar refractivity (Wildman–Crippen MR) is 61.6 cm³/mol. The molecule has 2 rings (SSSR count). The van der Waals surface area contributed by atoms with Crippen LogP contribution < -0.4 is 5.32 Å². The Morgan fingerprint density at radius 1 is 1.43 bits per heavy atom. The molecule has 1 N–H and O–H groups in total. The van der Waals surface area contributed by atoms with Crippen molar-refractivity contribution in [2.75, 3.05) is 18.9 Å². The van der Waals surface area contributed by atoms with Crippen LogP contribution in [-0.4, -0.2) is 29.4 Å². The van der Waals surface area contributed by atoms with Crippen molar-refractivity contribution in [1.29, 1.82) is 0 Å². The fraction of sp³-hybridized carbons (Fsp3) is 1.00. The minimum Gasteiger partial charge on any atom is -0.375 e. The Bertz CT molecular complexity index is 209. The molecule has 0 aromatic heterocycles. The zero-order valence-electron chi connectivity index (χ0n) is 9.43. The number of thioether (sulfide) groups is 1. The average Bonchev–Trinajstić information content (AvgIpc) is 2.09. The van der Waals surface area contributed by atoms with Gasteiger partial charge in [-0.15, -0.1) is 11.8 Å². The van der Waals surface area contributed by atoms with Crippen LogP contribution >= 0.6 is 11.8 Å². The van der Waals surface area contributed by atoms with Gasteiger partial charge in [-0.2, -0.15) is 0 Å². The van der Waals surface area contributed by atoms with Gasteiger partial charge in [-0.05, 0) is 38.5 Å². The summed E-state index contributed by atoms with van der Waals surface area (Å²) in [7, 11) is 0. The van der Waals surface area contributed by atoms with Gasteiger partial charge in [-0.1, -0.05) is 6.92 Å². The lowest BCUT2D eigenvalue weighted by Crippen LogP contribution is -2.56. The standard InChI is InChI=1S/C11H21NOS/c1-9-6-12-11(14-7-9)4-5-13-10(2,3)8-11/h9,12H,4-8H2,1-3H3. The van der Waals surface area contributed by atoms with Crippen molar-refractivity contribution in [3.05, 3.63) is 0 Å². The molecular weight excluding hydrogens is 194 g/mol. The zero-order valence-corrected chi connectivity index (χ0v) is 10.2. The maximum atomic E-state index is 5.77. The van der Waals surface area contributed by atoms with E-state index >= 15 is 0 Å². The molecule has 2 atom stereocenters. The Balaban J connectivity index is 2.01. The SMILES string of the molecule is CC1CNC2(CCOC(C)(C)C2)SC1. The molecule has 2 saturated heterocycles. The van der Waals surface area contributed by atoms with E-state index < -0.39 is 0 Å². The molecule has 2 fully saturated rings. The van der Waals surface area contributed by atoms with Crippen molar-refractivity contribution >= 4 is 11.8 Å². The molecular formula is C11H21NOS. The minimum absolute atomic E-state index is 0.0544. The van der Waals surface area contributed by atoms with E-state index in [1.807, 2.05) is 0 Å². The molecule has 0 radical (unpaired) electrons. The Labute approximate surface area is 91.2 Å². The van der Waals surface area contributed by atoms with E-state index in [0.29, 0.717) is 4.87 Å². The molecule has 0 aliphatic carbocycles. The Morgan fingerprint density at radius 2 is 2.21 bits per heavy atom. The molecule has 2 unspecified atom stereocenters. The van der Waals surface area contributed by atoms with Crippen LogP contribution in [-0.2, 0) is 4.74 Å². The first-order chi connectivity index (χ1) is 6.52. The molecule has 2 nitrogen and oxygen atoms in total. The molecule has 3 heteroatoms. The molecule has 0 aromatic rings. The van der Waals surface area contributed by atoms with E-state index in [1.165, 1.54) is 12.3 Å². The molecule has 0 saturated carbocycles. The van der Waals surface area contributed by atoms with Gasteiger partial charge in [0.15, 0.2) is 0 Å². The number of nitrogens with one attached hydrogen (secondary N) is 1. The number of rotatable bonds is 0. The largest absolute Gasteiger partial charge is 0.375 e. The quantitative estimate of drug-likeness (QED) is 0.669. The van der Waals surface area contributed by atoms with Crippen LogP contribution in [0.3, 0.4) is 0 Å². The van der Waals surface area contributed by atoms with Crippen LogP contribution in [0.15, 0.2) is 0 Å².